The monoisotopic (exact) mass is 445 g/mol. The lowest BCUT2D eigenvalue weighted by Gasteiger charge is -2.19. The first-order valence-corrected chi connectivity index (χ1v) is 10.9. The first-order valence-electron chi connectivity index (χ1n) is 10.9. The molecule has 0 aliphatic heterocycles. The van der Waals surface area contributed by atoms with Gasteiger partial charge < -0.3 is 19.9 Å². The average Bonchev–Trinajstić information content (AvgIpc) is 2.83. The van der Waals surface area contributed by atoms with E-state index in [4.69, 9.17) is 14.5 Å². The number of aromatic nitrogens is 1. The Hall–Kier alpha value is -3.84. The summed E-state index contributed by atoms with van der Waals surface area (Å²) < 4.78 is 10.7. The normalized spacial score (nSPS) is 11.8. The minimum atomic E-state index is -1.02. The fraction of sp³-hybridized carbons (Fsp3) is 0.231. The Balaban J connectivity index is 1.64. The van der Waals surface area contributed by atoms with E-state index in [1.807, 2.05) is 49.4 Å². The van der Waals surface area contributed by atoms with Gasteiger partial charge in [0.05, 0.1) is 24.9 Å². The number of hydrogen-bond acceptors (Lipinski definition) is 6. The van der Waals surface area contributed by atoms with Crippen LogP contribution in [0.1, 0.15) is 31.6 Å². The van der Waals surface area contributed by atoms with Crippen LogP contribution in [0.3, 0.4) is 0 Å². The molecule has 0 fully saturated rings. The Labute approximate surface area is 192 Å². The largest absolute Gasteiger partial charge is 0.494 e. The summed E-state index contributed by atoms with van der Waals surface area (Å²) in [6.45, 7) is 2.41. The van der Waals surface area contributed by atoms with Gasteiger partial charge in [0.15, 0.2) is 6.23 Å². The molecule has 4 rings (SSSR count). The van der Waals surface area contributed by atoms with Crippen LogP contribution in [-0.2, 0) is 4.74 Å². The summed E-state index contributed by atoms with van der Waals surface area (Å²) in [4.78, 5) is 16.7. The maximum Gasteiger partial charge on any atom is 0.411 e. The number of carbonyl (C=O) groups is 1. The van der Waals surface area contributed by atoms with Crippen LogP contribution in [0.4, 0.5) is 16.2 Å². The standard InChI is InChI=1S/C26H27N3O4/c1-3-4-15-33-26(31)27-18-10-7-9-17(16-18)25(30)29-23-19-11-5-6-13-21(19)28-24-20(23)12-8-14-22(24)32-2/h5-14,16,25,30H,3-4,15H2,1-2H3,(H,27,31)(H,28,29). The van der Waals surface area contributed by atoms with Crippen LogP contribution in [0.25, 0.3) is 21.8 Å². The minimum Gasteiger partial charge on any atom is -0.494 e. The lowest BCUT2D eigenvalue weighted by Crippen LogP contribution is -2.15. The van der Waals surface area contributed by atoms with Crippen LogP contribution in [0, 0.1) is 0 Å². The Morgan fingerprint density at radius 2 is 1.85 bits per heavy atom. The van der Waals surface area contributed by atoms with Gasteiger partial charge >= 0.3 is 6.09 Å². The second-order valence-corrected chi connectivity index (χ2v) is 7.65. The van der Waals surface area contributed by atoms with Crippen LogP contribution < -0.4 is 15.4 Å². The molecular weight excluding hydrogens is 418 g/mol. The van der Waals surface area contributed by atoms with Crippen LogP contribution >= 0.6 is 0 Å². The zero-order valence-corrected chi connectivity index (χ0v) is 18.7. The molecule has 0 aliphatic carbocycles. The Morgan fingerprint density at radius 1 is 1.06 bits per heavy atom. The smallest absolute Gasteiger partial charge is 0.411 e. The van der Waals surface area contributed by atoms with Crippen molar-refractivity contribution < 1.29 is 19.4 Å². The van der Waals surface area contributed by atoms with Crippen molar-refractivity contribution >= 4 is 39.3 Å². The first kappa shape index (κ1) is 22.4. The van der Waals surface area contributed by atoms with Crippen molar-refractivity contribution in [2.24, 2.45) is 0 Å². The summed E-state index contributed by atoms with van der Waals surface area (Å²) in [6, 6.07) is 20.5. The molecule has 0 saturated heterocycles. The van der Waals surface area contributed by atoms with Crippen molar-refractivity contribution in [2.45, 2.75) is 26.0 Å². The van der Waals surface area contributed by atoms with Gasteiger partial charge in [-0.25, -0.2) is 9.78 Å². The number of hydrogen-bond donors (Lipinski definition) is 3. The van der Waals surface area contributed by atoms with Gasteiger partial charge in [-0.2, -0.15) is 0 Å². The number of methoxy groups -OCH3 is 1. The third kappa shape index (κ3) is 4.99. The van der Waals surface area contributed by atoms with Crippen molar-refractivity contribution in [1.82, 2.24) is 4.98 Å². The summed E-state index contributed by atoms with van der Waals surface area (Å²) in [6.07, 6.45) is 0.226. The SMILES string of the molecule is CCCCOC(=O)Nc1cccc(C(O)Nc2c3ccccc3nc3c(OC)cccc23)c1. The predicted molar refractivity (Wildman–Crippen MR) is 131 cm³/mol. The van der Waals surface area contributed by atoms with Crippen LogP contribution in [0.15, 0.2) is 66.7 Å². The highest BCUT2D eigenvalue weighted by molar-refractivity contribution is 6.09. The summed E-state index contributed by atoms with van der Waals surface area (Å²) >= 11 is 0. The van der Waals surface area contributed by atoms with Gasteiger partial charge in [0.25, 0.3) is 0 Å². The lowest BCUT2D eigenvalue weighted by atomic mass is 10.1. The molecule has 0 aliphatic rings. The fourth-order valence-electron chi connectivity index (χ4n) is 3.68. The molecule has 0 spiro atoms. The number of ether oxygens (including phenoxy) is 2. The molecule has 3 aromatic carbocycles. The van der Waals surface area contributed by atoms with E-state index in [1.54, 1.807) is 31.4 Å². The van der Waals surface area contributed by atoms with Gasteiger partial charge in [-0.15, -0.1) is 0 Å². The summed E-state index contributed by atoms with van der Waals surface area (Å²) in [5, 5.41) is 18.7. The highest BCUT2D eigenvalue weighted by Crippen LogP contribution is 2.36. The van der Waals surface area contributed by atoms with Gasteiger partial charge in [-0.1, -0.05) is 55.8 Å². The number of nitrogens with zero attached hydrogens (tertiary/aromatic N) is 1. The zero-order chi connectivity index (χ0) is 23.2. The number of aliphatic hydroxyl groups excluding tert-OH is 1. The third-order valence-corrected chi connectivity index (χ3v) is 5.35. The van der Waals surface area contributed by atoms with Gasteiger partial charge in [0, 0.05) is 22.0 Å². The third-order valence-electron chi connectivity index (χ3n) is 5.35. The van der Waals surface area contributed by atoms with E-state index in [1.165, 1.54) is 0 Å². The second kappa shape index (κ2) is 10.2. The van der Waals surface area contributed by atoms with E-state index in [0.29, 0.717) is 29.1 Å². The first-order chi connectivity index (χ1) is 16.1. The quantitative estimate of drug-likeness (QED) is 0.179. The number of rotatable bonds is 8. The van der Waals surface area contributed by atoms with Crippen molar-refractivity contribution in [3.63, 3.8) is 0 Å². The van der Waals surface area contributed by atoms with Gasteiger partial charge in [-0.05, 0) is 30.7 Å². The Bertz CT molecular complexity index is 1280. The molecule has 33 heavy (non-hydrogen) atoms. The topological polar surface area (TPSA) is 92.7 Å². The molecule has 1 atom stereocenters. The van der Waals surface area contributed by atoms with Crippen molar-refractivity contribution in [3.8, 4) is 5.75 Å². The Morgan fingerprint density at radius 3 is 2.67 bits per heavy atom. The minimum absolute atomic E-state index is 0.373. The molecule has 170 valence electrons. The molecule has 7 nitrogen and oxygen atoms in total. The number of para-hydroxylation sites is 2. The highest BCUT2D eigenvalue weighted by atomic mass is 16.5. The molecule has 4 aromatic rings. The van der Waals surface area contributed by atoms with E-state index >= 15 is 0 Å². The second-order valence-electron chi connectivity index (χ2n) is 7.65. The van der Waals surface area contributed by atoms with Crippen LogP contribution in [0.5, 0.6) is 5.75 Å². The molecule has 0 saturated carbocycles. The molecule has 1 unspecified atom stereocenters. The number of benzene rings is 3. The number of carbonyl (C=O) groups excluding carboxylic acids is 1. The number of fused-ring (bicyclic) bond motifs is 2. The maximum atomic E-state index is 12.0. The average molecular weight is 446 g/mol. The van der Waals surface area contributed by atoms with Crippen LogP contribution in [-0.4, -0.2) is 29.9 Å². The van der Waals surface area contributed by atoms with E-state index in [9.17, 15) is 9.90 Å². The number of anilines is 2. The predicted octanol–water partition coefficient (Wildman–Crippen LogP) is 5.85. The van der Waals surface area contributed by atoms with E-state index in [2.05, 4.69) is 10.6 Å². The van der Waals surface area contributed by atoms with Crippen molar-refractivity contribution in [1.29, 1.82) is 0 Å². The molecule has 7 heteroatoms. The van der Waals surface area contributed by atoms with Crippen molar-refractivity contribution in [2.75, 3.05) is 24.4 Å². The summed E-state index contributed by atoms with van der Waals surface area (Å²) in [5.41, 5.74) is 3.38. The molecule has 0 radical (unpaired) electrons. The molecule has 0 bridgehead atoms. The molecule has 3 N–H and O–H groups in total. The Kier molecular flexibility index (Phi) is 6.90. The van der Waals surface area contributed by atoms with Crippen LogP contribution in [0.2, 0.25) is 0 Å². The highest BCUT2D eigenvalue weighted by Gasteiger charge is 2.16. The van der Waals surface area contributed by atoms with Gasteiger partial charge in [0.2, 0.25) is 0 Å². The van der Waals surface area contributed by atoms with E-state index in [-0.39, 0.29) is 0 Å². The number of pyridine rings is 1. The van der Waals surface area contributed by atoms with Crippen molar-refractivity contribution in [3.05, 3.63) is 72.3 Å². The van der Waals surface area contributed by atoms with Gasteiger partial charge in [-0.3, -0.25) is 5.32 Å². The molecule has 1 aromatic heterocycles. The lowest BCUT2D eigenvalue weighted by molar-refractivity contribution is 0.160. The maximum absolute atomic E-state index is 12.0. The number of nitrogens with one attached hydrogen (secondary N) is 2. The number of unbranched alkanes of at least 4 members (excludes halogenated alkanes) is 1. The fourth-order valence-corrected chi connectivity index (χ4v) is 3.68. The van der Waals surface area contributed by atoms with Gasteiger partial charge in [0.1, 0.15) is 11.3 Å². The zero-order valence-electron chi connectivity index (χ0n) is 18.7. The summed E-state index contributed by atoms with van der Waals surface area (Å²) in [7, 11) is 1.61. The number of amides is 1. The molecular formula is C26H27N3O4. The summed E-state index contributed by atoms with van der Waals surface area (Å²) in [5.74, 6) is 0.656. The van der Waals surface area contributed by atoms with E-state index in [0.717, 1.165) is 34.8 Å². The molecule has 1 heterocycles. The molecule has 1 amide bonds. The van der Waals surface area contributed by atoms with E-state index < -0.39 is 12.3 Å². The number of aliphatic hydroxyl groups is 1.